The molecule has 0 unspecified atom stereocenters. The molecule has 7 nitrogen and oxygen atoms in total. The summed E-state index contributed by atoms with van der Waals surface area (Å²) >= 11 is 0. The first-order valence-electron chi connectivity index (χ1n) is 8.42. The minimum atomic E-state index is -1.24. The molecule has 1 aromatic carbocycles. The Balaban J connectivity index is 1.54. The lowest BCUT2D eigenvalue weighted by Crippen LogP contribution is -2.49. The van der Waals surface area contributed by atoms with Gasteiger partial charge in [0.05, 0.1) is 0 Å². The fourth-order valence-electron chi connectivity index (χ4n) is 2.84. The molecule has 26 heavy (non-hydrogen) atoms. The van der Waals surface area contributed by atoms with Gasteiger partial charge in [0, 0.05) is 45.1 Å². The Morgan fingerprint density at radius 1 is 1.00 bits per heavy atom. The van der Waals surface area contributed by atoms with Crippen LogP contribution in [0.5, 0.6) is 0 Å². The Morgan fingerprint density at radius 3 is 2.31 bits per heavy atom. The number of rotatable bonds is 5. The van der Waals surface area contributed by atoms with Crippen LogP contribution in [0.25, 0.3) is 6.08 Å². The van der Waals surface area contributed by atoms with Gasteiger partial charge in [-0.15, -0.1) is 0 Å². The van der Waals surface area contributed by atoms with Crippen molar-refractivity contribution >= 4 is 18.0 Å². The molecule has 1 saturated heterocycles. The van der Waals surface area contributed by atoms with E-state index in [1.165, 1.54) is 12.4 Å². The van der Waals surface area contributed by atoms with E-state index in [2.05, 4.69) is 27.0 Å². The fourth-order valence-corrected chi connectivity index (χ4v) is 2.84. The van der Waals surface area contributed by atoms with E-state index >= 15 is 0 Å². The van der Waals surface area contributed by atoms with Crippen molar-refractivity contribution in [3.8, 4) is 0 Å². The Hall–Kier alpha value is -3.06. The summed E-state index contributed by atoms with van der Waals surface area (Å²) in [6.45, 7) is 3.34. The second-order valence-electron chi connectivity index (χ2n) is 5.96. The Morgan fingerprint density at radius 2 is 1.65 bits per heavy atom. The monoisotopic (exact) mass is 352 g/mol. The van der Waals surface area contributed by atoms with Gasteiger partial charge in [0.1, 0.15) is 0 Å². The second kappa shape index (κ2) is 8.35. The van der Waals surface area contributed by atoms with Crippen LogP contribution in [0, 0.1) is 0 Å². The van der Waals surface area contributed by atoms with Crippen LogP contribution in [0.4, 0.5) is 0 Å². The molecule has 0 saturated carbocycles. The maximum Gasteiger partial charge on any atom is 0.356 e. The van der Waals surface area contributed by atoms with Gasteiger partial charge in [-0.3, -0.25) is 9.69 Å². The molecule has 0 bridgehead atoms. The maximum atomic E-state index is 12.6. The lowest BCUT2D eigenvalue weighted by Gasteiger charge is -2.34. The predicted molar refractivity (Wildman–Crippen MR) is 96.8 cm³/mol. The largest absolute Gasteiger partial charge is 0.476 e. The van der Waals surface area contributed by atoms with Crippen molar-refractivity contribution in [3.63, 3.8) is 0 Å². The van der Waals surface area contributed by atoms with Gasteiger partial charge in [-0.2, -0.15) is 0 Å². The quantitative estimate of drug-likeness (QED) is 0.880. The third-order valence-electron chi connectivity index (χ3n) is 4.24. The van der Waals surface area contributed by atoms with Crippen LogP contribution in [-0.4, -0.2) is 69.5 Å². The number of nitrogens with zero attached hydrogens (tertiary/aromatic N) is 4. The van der Waals surface area contributed by atoms with Crippen molar-refractivity contribution < 1.29 is 14.7 Å². The molecule has 7 heteroatoms. The minimum Gasteiger partial charge on any atom is -0.476 e. The molecule has 0 atom stereocenters. The zero-order chi connectivity index (χ0) is 18.4. The van der Waals surface area contributed by atoms with Crippen molar-refractivity contribution in [2.45, 2.75) is 0 Å². The normalized spacial score (nSPS) is 15.3. The number of benzene rings is 1. The Kier molecular flexibility index (Phi) is 5.70. The molecule has 2 aromatic rings. The number of carbonyl (C=O) groups is 2. The lowest BCUT2D eigenvalue weighted by atomic mass is 10.2. The number of hydrogen-bond acceptors (Lipinski definition) is 5. The average molecular weight is 352 g/mol. The Labute approximate surface area is 151 Å². The van der Waals surface area contributed by atoms with E-state index in [4.69, 9.17) is 5.11 Å². The predicted octanol–water partition coefficient (Wildman–Crippen LogP) is 1.65. The van der Waals surface area contributed by atoms with Gasteiger partial charge in [-0.05, 0) is 5.56 Å². The molecule has 1 aromatic heterocycles. The molecule has 1 N–H and O–H groups in total. The molecule has 3 rings (SSSR count). The van der Waals surface area contributed by atoms with Gasteiger partial charge in [-0.25, -0.2) is 14.8 Å². The molecule has 1 aliphatic heterocycles. The summed E-state index contributed by atoms with van der Waals surface area (Å²) < 4.78 is 0. The molecule has 134 valence electrons. The van der Waals surface area contributed by atoms with Gasteiger partial charge in [0.15, 0.2) is 11.4 Å². The molecule has 0 aliphatic carbocycles. The van der Waals surface area contributed by atoms with Crippen LogP contribution in [0.2, 0.25) is 0 Å². The van der Waals surface area contributed by atoms with E-state index in [0.29, 0.717) is 13.1 Å². The highest BCUT2D eigenvalue weighted by Crippen LogP contribution is 2.10. The second-order valence-corrected chi connectivity index (χ2v) is 5.96. The highest BCUT2D eigenvalue weighted by atomic mass is 16.4. The summed E-state index contributed by atoms with van der Waals surface area (Å²) in [7, 11) is 0. The number of aromatic nitrogens is 2. The van der Waals surface area contributed by atoms with Gasteiger partial charge in [0.2, 0.25) is 0 Å². The number of aromatic carboxylic acids is 1. The summed E-state index contributed by atoms with van der Waals surface area (Å²) in [5.41, 5.74) is 0.758. The van der Waals surface area contributed by atoms with Gasteiger partial charge in [0.25, 0.3) is 5.91 Å². The zero-order valence-corrected chi connectivity index (χ0v) is 14.3. The fraction of sp³-hybridized carbons (Fsp3) is 0.263. The molecule has 2 heterocycles. The standard InChI is InChI=1S/C19H20N4O3/c24-18(16-17(19(25)26)21-9-8-20-16)23-13-11-22(12-14-23)10-4-7-15-5-2-1-3-6-15/h1-9H,10-14H2,(H,25,26). The first-order chi connectivity index (χ1) is 12.6. The molecule has 1 aliphatic rings. The molecule has 1 fully saturated rings. The van der Waals surface area contributed by atoms with Crippen LogP contribution in [0.1, 0.15) is 26.5 Å². The number of carbonyl (C=O) groups excluding carboxylic acids is 1. The molecular weight excluding hydrogens is 332 g/mol. The summed E-state index contributed by atoms with van der Waals surface area (Å²) in [6.07, 6.45) is 6.80. The highest BCUT2D eigenvalue weighted by Gasteiger charge is 2.26. The van der Waals surface area contributed by atoms with Crippen LogP contribution in [0.15, 0.2) is 48.8 Å². The van der Waals surface area contributed by atoms with E-state index in [9.17, 15) is 9.59 Å². The number of amides is 1. The lowest BCUT2D eigenvalue weighted by molar-refractivity contribution is 0.0616. The van der Waals surface area contributed by atoms with E-state index in [1.54, 1.807) is 4.90 Å². The van der Waals surface area contributed by atoms with Crippen molar-refractivity contribution in [2.75, 3.05) is 32.7 Å². The molecular formula is C19H20N4O3. The van der Waals surface area contributed by atoms with E-state index < -0.39 is 5.97 Å². The summed E-state index contributed by atoms with van der Waals surface area (Å²) in [5, 5.41) is 9.16. The average Bonchev–Trinajstić information content (AvgIpc) is 2.69. The summed E-state index contributed by atoms with van der Waals surface area (Å²) in [5.74, 6) is -1.62. The van der Waals surface area contributed by atoms with E-state index in [0.717, 1.165) is 25.2 Å². The smallest absolute Gasteiger partial charge is 0.356 e. The van der Waals surface area contributed by atoms with Gasteiger partial charge < -0.3 is 10.0 Å². The number of carboxylic acid groups (broad SMARTS) is 1. The maximum absolute atomic E-state index is 12.6. The molecule has 0 radical (unpaired) electrons. The van der Waals surface area contributed by atoms with Crippen molar-refractivity contribution in [1.82, 2.24) is 19.8 Å². The first kappa shape index (κ1) is 17.8. The van der Waals surface area contributed by atoms with Crippen molar-refractivity contribution in [2.24, 2.45) is 0 Å². The number of piperazine rings is 1. The third-order valence-corrected chi connectivity index (χ3v) is 4.24. The van der Waals surface area contributed by atoms with E-state index in [1.807, 2.05) is 30.3 Å². The number of hydrogen-bond donors (Lipinski definition) is 1. The highest BCUT2D eigenvalue weighted by molar-refractivity contribution is 6.02. The topological polar surface area (TPSA) is 86.6 Å². The zero-order valence-electron chi connectivity index (χ0n) is 14.3. The summed E-state index contributed by atoms with van der Waals surface area (Å²) in [6, 6.07) is 10.1. The van der Waals surface area contributed by atoms with E-state index in [-0.39, 0.29) is 17.3 Å². The van der Waals surface area contributed by atoms with Crippen molar-refractivity contribution in [3.05, 3.63) is 65.8 Å². The summed E-state index contributed by atoms with van der Waals surface area (Å²) in [4.78, 5) is 35.3. The van der Waals surface area contributed by atoms with Gasteiger partial charge >= 0.3 is 5.97 Å². The first-order valence-corrected chi connectivity index (χ1v) is 8.42. The SMILES string of the molecule is O=C(O)c1nccnc1C(=O)N1CCN(CC=Cc2ccccc2)CC1. The van der Waals surface area contributed by atoms with Gasteiger partial charge in [-0.1, -0.05) is 42.5 Å². The van der Waals surface area contributed by atoms with Crippen LogP contribution >= 0.6 is 0 Å². The van der Waals surface area contributed by atoms with Crippen LogP contribution < -0.4 is 0 Å². The Bertz CT molecular complexity index is 799. The number of carboxylic acids is 1. The third kappa shape index (κ3) is 4.31. The van der Waals surface area contributed by atoms with Crippen LogP contribution in [-0.2, 0) is 0 Å². The van der Waals surface area contributed by atoms with Crippen LogP contribution in [0.3, 0.4) is 0 Å². The molecule has 1 amide bonds. The minimum absolute atomic E-state index is 0.0996. The molecule has 0 spiro atoms. The van der Waals surface area contributed by atoms with Crippen molar-refractivity contribution in [1.29, 1.82) is 0 Å².